The van der Waals surface area contributed by atoms with Crippen LogP contribution in [0.5, 0.6) is 17.2 Å². The van der Waals surface area contributed by atoms with Crippen LogP contribution in [0, 0.1) is 0 Å². The molecule has 0 unspecified atom stereocenters. The van der Waals surface area contributed by atoms with Crippen LogP contribution in [0.3, 0.4) is 0 Å². The summed E-state index contributed by atoms with van der Waals surface area (Å²) < 4.78 is 25.0. The number of aliphatic hydroxyl groups excluding tert-OH is 4. The fourth-order valence-corrected chi connectivity index (χ4v) is 8.87. The Bertz CT molecular complexity index is 1200. The highest BCUT2D eigenvalue weighted by Gasteiger charge is 2.44. The molecule has 1 aromatic rings. The Kier molecular flexibility index (Phi) is 37.1. The van der Waals surface area contributed by atoms with Crippen LogP contribution in [-0.2, 0) is 4.74 Å². The first-order valence-electron chi connectivity index (χ1n) is 27.6. The van der Waals surface area contributed by atoms with E-state index in [4.69, 9.17) is 18.9 Å². The van der Waals surface area contributed by atoms with Gasteiger partial charge in [-0.25, -0.2) is 0 Å². The van der Waals surface area contributed by atoms with Crippen LogP contribution >= 0.6 is 0 Å². The lowest BCUT2D eigenvalue weighted by molar-refractivity contribution is -0.233. The van der Waals surface area contributed by atoms with Gasteiger partial charge in [0.05, 0.1) is 26.4 Å². The second-order valence-electron chi connectivity index (χ2n) is 19.2. The summed E-state index contributed by atoms with van der Waals surface area (Å²) in [6.45, 7) is 7.67. The van der Waals surface area contributed by atoms with Crippen LogP contribution in [0.15, 0.2) is 12.1 Å². The summed E-state index contributed by atoms with van der Waals surface area (Å²) in [5, 5.41) is 43.8. The van der Waals surface area contributed by atoms with Crippen LogP contribution in [0.4, 0.5) is 0 Å². The molecule has 2 rings (SSSR count). The first-order chi connectivity index (χ1) is 31.9. The molecule has 1 amide bonds. The highest BCUT2D eigenvalue weighted by Crippen LogP contribution is 2.40. The van der Waals surface area contributed by atoms with E-state index in [2.05, 4.69) is 26.1 Å². The zero-order valence-corrected chi connectivity index (χ0v) is 42.2. The van der Waals surface area contributed by atoms with Crippen molar-refractivity contribution in [3.05, 3.63) is 17.7 Å². The summed E-state index contributed by atoms with van der Waals surface area (Å²) in [6.07, 6.45) is 37.8. The topological polar surface area (TPSA) is 147 Å². The van der Waals surface area contributed by atoms with Crippen LogP contribution < -0.4 is 19.5 Å². The monoisotopic (exact) mass is 920 g/mol. The number of carbonyl (C=O) groups excluding carboxylic acids is 1. The van der Waals surface area contributed by atoms with Gasteiger partial charge in [0.2, 0.25) is 5.75 Å². The van der Waals surface area contributed by atoms with E-state index in [1.165, 1.54) is 180 Å². The van der Waals surface area contributed by atoms with Gasteiger partial charge in [0.1, 0.15) is 24.4 Å². The lowest BCUT2D eigenvalue weighted by atomic mass is 9.98. The van der Waals surface area contributed by atoms with Crippen LogP contribution in [0.1, 0.15) is 262 Å². The smallest absolute Gasteiger partial charge is 0.253 e. The average molecular weight is 920 g/mol. The predicted molar refractivity (Wildman–Crippen MR) is 267 cm³/mol. The number of hydrogen-bond donors (Lipinski definition) is 5. The van der Waals surface area contributed by atoms with Gasteiger partial charge in [0, 0.05) is 5.56 Å². The number of hydrogen-bond acceptors (Lipinski definition) is 9. The molecule has 1 aliphatic heterocycles. The Morgan fingerprint density at radius 3 is 1.09 bits per heavy atom. The minimum absolute atomic E-state index is 0.231. The first kappa shape index (κ1) is 59.0. The van der Waals surface area contributed by atoms with Crippen molar-refractivity contribution in [1.82, 2.24) is 5.32 Å². The summed E-state index contributed by atoms with van der Waals surface area (Å²) in [4.78, 5) is 13.9. The highest BCUT2D eigenvalue weighted by molar-refractivity contribution is 5.95. The minimum atomic E-state index is -1.61. The number of benzene rings is 1. The molecule has 5 atom stereocenters. The molecule has 1 aromatic carbocycles. The number of unbranched alkanes of at least 4 members (excludes halogenated alkanes) is 33. The number of carbonyl (C=O) groups is 1. The van der Waals surface area contributed by atoms with Crippen molar-refractivity contribution in [3.63, 3.8) is 0 Å². The quantitative estimate of drug-likeness (QED) is 0.0403. The highest BCUT2D eigenvalue weighted by atomic mass is 16.6. The van der Waals surface area contributed by atoms with Crippen molar-refractivity contribution >= 4 is 5.91 Å². The molecule has 1 fully saturated rings. The Morgan fingerprint density at radius 2 is 0.769 bits per heavy atom. The molecule has 1 aliphatic rings. The van der Waals surface area contributed by atoms with Gasteiger partial charge in [-0.05, 0) is 31.4 Å². The third kappa shape index (κ3) is 28.1. The zero-order valence-electron chi connectivity index (χ0n) is 42.2. The maximum atomic E-state index is 13.9. The molecular weight excluding hydrogens is 819 g/mol. The van der Waals surface area contributed by atoms with Gasteiger partial charge in [0.25, 0.3) is 5.91 Å². The molecule has 0 bridgehead atoms. The van der Waals surface area contributed by atoms with Crippen molar-refractivity contribution in [2.24, 2.45) is 0 Å². The lowest BCUT2D eigenvalue weighted by Gasteiger charge is -2.40. The average Bonchev–Trinajstić information content (AvgIpc) is 3.31. The minimum Gasteiger partial charge on any atom is -0.490 e. The number of nitrogens with one attached hydrogen (secondary N) is 1. The van der Waals surface area contributed by atoms with E-state index >= 15 is 0 Å². The molecule has 65 heavy (non-hydrogen) atoms. The van der Waals surface area contributed by atoms with E-state index in [1.807, 2.05) is 0 Å². The van der Waals surface area contributed by atoms with E-state index < -0.39 is 43.2 Å². The molecule has 10 heteroatoms. The van der Waals surface area contributed by atoms with Crippen molar-refractivity contribution in [2.45, 2.75) is 283 Å². The van der Waals surface area contributed by atoms with Crippen molar-refractivity contribution in [3.8, 4) is 17.2 Å². The normalized spacial score (nSPS) is 18.5. The van der Waals surface area contributed by atoms with E-state index in [9.17, 15) is 25.2 Å². The molecule has 1 heterocycles. The first-order valence-corrected chi connectivity index (χ1v) is 27.6. The summed E-state index contributed by atoms with van der Waals surface area (Å²) in [5.41, 5.74) is 0.231. The van der Waals surface area contributed by atoms with Gasteiger partial charge in [-0.2, -0.15) is 0 Å². The molecule has 0 aromatic heterocycles. The fourth-order valence-electron chi connectivity index (χ4n) is 8.87. The van der Waals surface area contributed by atoms with E-state index in [0.29, 0.717) is 37.1 Å². The predicted octanol–water partition coefficient (Wildman–Crippen LogP) is 13.5. The second-order valence-corrected chi connectivity index (χ2v) is 19.2. The maximum Gasteiger partial charge on any atom is 0.253 e. The van der Waals surface area contributed by atoms with Gasteiger partial charge in [-0.15, -0.1) is 0 Å². The molecule has 0 saturated carbocycles. The summed E-state index contributed by atoms with van der Waals surface area (Å²) in [5.74, 6) is 0.818. The van der Waals surface area contributed by atoms with Gasteiger partial charge in [0.15, 0.2) is 17.7 Å². The lowest BCUT2D eigenvalue weighted by Crippen LogP contribution is -2.63. The number of ether oxygens (including phenoxy) is 4. The van der Waals surface area contributed by atoms with Crippen LogP contribution in [-0.4, -0.2) is 83.4 Å². The summed E-state index contributed by atoms with van der Waals surface area (Å²) in [7, 11) is 0. The van der Waals surface area contributed by atoms with Crippen molar-refractivity contribution < 1.29 is 44.2 Å². The molecule has 0 radical (unpaired) electrons. The number of rotatable bonds is 45. The van der Waals surface area contributed by atoms with Crippen LogP contribution in [0.25, 0.3) is 0 Å². The molecule has 1 saturated heterocycles. The molecular formula is C55H101NO9. The Hall–Kier alpha value is -2.11. The van der Waals surface area contributed by atoms with E-state index in [-0.39, 0.29) is 5.56 Å². The molecule has 380 valence electrons. The van der Waals surface area contributed by atoms with E-state index in [1.54, 1.807) is 12.1 Å². The summed E-state index contributed by atoms with van der Waals surface area (Å²) >= 11 is 0. The zero-order chi connectivity index (χ0) is 47.0. The molecule has 10 nitrogen and oxygen atoms in total. The number of amides is 1. The van der Waals surface area contributed by atoms with Gasteiger partial charge in [-0.3, -0.25) is 4.79 Å². The third-order valence-corrected chi connectivity index (χ3v) is 13.2. The molecule has 0 spiro atoms. The van der Waals surface area contributed by atoms with E-state index in [0.717, 1.165) is 51.4 Å². The maximum absolute atomic E-state index is 13.9. The third-order valence-electron chi connectivity index (χ3n) is 13.2. The molecule has 5 N–H and O–H groups in total. The summed E-state index contributed by atoms with van der Waals surface area (Å²) in [6, 6.07) is 3.32. The van der Waals surface area contributed by atoms with Crippen LogP contribution in [0.2, 0.25) is 0 Å². The van der Waals surface area contributed by atoms with Gasteiger partial charge in [-0.1, -0.05) is 233 Å². The van der Waals surface area contributed by atoms with Crippen molar-refractivity contribution in [2.75, 3.05) is 26.4 Å². The Balaban J connectivity index is 2.08. The molecule has 0 aliphatic carbocycles. The SMILES string of the molecule is CCCCCCCCCCCCCCOc1cc(C(=O)N[C@@H]2O[C@H](CO)[C@@H](O)[C@H](O)[C@@H]2O)cc(OCCCCCCCCCCCCCC)c1OCCCCCCCCCCCCCC. The second kappa shape index (κ2) is 40.9. The standard InChI is InChI=1S/C55H101NO9/c1-4-7-10-13-16-19-22-25-28-31-34-37-40-62-47-43-46(54(61)56-55-52(60)51(59)50(58)49(45-57)65-55)44-48(63-41-38-35-32-29-26-23-20-17-14-11-8-5-2)53(47)64-42-39-36-33-30-27-24-21-18-15-12-9-6-3/h43-44,49-52,55,57-60H,4-42,45H2,1-3H3,(H,56,61)/t49-,50-,51+,52+,55-/m1/s1. The van der Waals surface area contributed by atoms with Gasteiger partial charge < -0.3 is 44.7 Å². The van der Waals surface area contributed by atoms with Gasteiger partial charge >= 0.3 is 0 Å². The Morgan fingerprint density at radius 1 is 0.462 bits per heavy atom. The fraction of sp³-hybridized carbons (Fsp3) is 0.873. The largest absolute Gasteiger partial charge is 0.490 e. The van der Waals surface area contributed by atoms with Crippen molar-refractivity contribution in [1.29, 1.82) is 0 Å². The number of aliphatic hydroxyl groups is 4. The Labute approximate surface area is 398 Å².